The zero-order chi connectivity index (χ0) is 11.0. The molecule has 16 heavy (non-hydrogen) atoms. The van der Waals surface area contributed by atoms with Crippen LogP contribution in [0.15, 0.2) is 0 Å². The molecule has 0 spiro atoms. The quantitative estimate of drug-likeness (QED) is 0.817. The van der Waals surface area contributed by atoms with Gasteiger partial charge in [-0.3, -0.25) is 0 Å². The van der Waals surface area contributed by atoms with Crippen LogP contribution in [0.4, 0.5) is 0 Å². The van der Waals surface area contributed by atoms with Crippen molar-refractivity contribution in [3.05, 3.63) is 17.2 Å². The Bertz CT molecular complexity index is 359. The SMILES string of the molecule is Cc1[nH]c(C2CC2)nc1CC1CCCNC1. The highest BCUT2D eigenvalue weighted by atomic mass is 15.0. The van der Waals surface area contributed by atoms with Gasteiger partial charge in [0.2, 0.25) is 0 Å². The van der Waals surface area contributed by atoms with Crippen molar-refractivity contribution in [3.63, 3.8) is 0 Å². The van der Waals surface area contributed by atoms with Gasteiger partial charge < -0.3 is 10.3 Å². The Morgan fingerprint density at radius 2 is 2.19 bits per heavy atom. The Hall–Kier alpha value is -0.830. The van der Waals surface area contributed by atoms with Crippen LogP contribution in [-0.4, -0.2) is 23.1 Å². The van der Waals surface area contributed by atoms with Crippen LogP contribution in [0.2, 0.25) is 0 Å². The van der Waals surface area contributed by atoms with Crippen molar-refractivity contribution in [3.8, 4) is 0 Å². The van der Waals surface area contributed by atoms with E-state index in [-0.39, 0.29) is 0 Å². The molecule has 0 radical (unpaired) electrons. The van der Waals surface area contributed by atoms with E-state index in [1.807, 2.05) is 0 Å². The van der Waals surface area contributed by atoms with Gasteiger partial charge in [-0.1, -0.05) is 0 Å². The van der Waals surface area contributed by atoms with Crippen molar-refractivity contribution in [2.45, 2.75) is 44.9 Å². The van der Waals surface area contributed by atoms with Gasteiger partial charge in [0.15, 0.2) is 0 Å². The lowest BCUT2D eigenvalue weighted by Gasteiger charge is -2.21. The van der Waals surface area contributed by atoms with Gasteiger partial charge in [-0.05, 0) is 58.0 Å². The third kappa shape index (κ3) is 2.14. The number of aryl methyl sites for hydroxylation is 1. The normalized spacial score (nSPS) is 25.9. The predicted molar refractivity (Wildman–Crippen MR) is 64.6 cm³/mol. The average molecular weight is 219 g/mol. The summed E-state index contributed by atoms with van der Waals surface area (Å²) in [6.07, 6.45) is 6.50. The van der Waals surface area contributed by atoms with Crippen LogP contribution in [0.1, 0.15) is 48.8 Å². The summed E-state index contributed by atoms with van der Waals surface area (Å²) in [6, 6.07) is 0. The molecular formula is C13H21N3. The zero-order valence-electron chi connectivity index (χ0n) is 10.1. The summed E-state index contributed by atoms with van der Waals surface area (Å²) in [5.41, 5.74) is 2.61. The highest BCUT2D eigenvalue weighted by Crippen LogP contribution is 2.38. The molecule has 0 amide bonds. The van der Waals surface area contributed by atoms with E-state index in [1.54, 1.807) is 0 Å². The molecule has 0 aromatic carbocycles. The van der Waals surface area contributed by atoms with E-state index in [9.17, 15) is 0 Å². The minimum atomic E-state index is 0.747. The fourth-order valence-corrected chi connectivity index (χ4v) is 2.64. The molecule has 1 aromatic heterocycles. The number of nitrogens with one attached hydrogen (secondary N) is 2. The molecule has 0 bridgehead atoms. The molecule has 1 aliphatic heterocycles. The number of nitrogens with zero attached hydrogens (tertiary/aromatic N) is 1. The summed E-state index contributed by atoms with van der Waals surface area (Å²) in [5.74, 6) is 2.79. The van der Waals surface area contributed by atoms with Crippen LogP contribution in [0.25, 0.3) is 0 Å². The Morgan fingerprint density at radius 1 is 1.31 bits per heavy atom. The van der Waals surface area contributed by atoms with E-state index in [1.165, 1.54) is 56.0 Å². The number of hydrogen-bond donors (Lipinski definition) is 2. The number of hydrogen-bond acceptors (Lipinski definition) is 2. The molecule has 1 unspecified atom stereocenters. The van der Waals surface area contributed by atoms with Crippen LogP contribution in [0.3, 0.4) is 0 Å². The van der Waals surface area contributed by atoms with Gasteiger partial charge >= 0.3 is 0 Å². The molecule has 1 saturated carbocycles. The molecule has 2 aliphatic rings. The summed E-state index contributed by atoms with van der Waals surface area (Å²) in [6.45, 7) is 4.54. The largest absolute Gasteiger partial charge is 0.346 e. The monoisotopic (exact) mass is 219 g/mol. The second kappa shape index (κ2) is 4.21. The van der Waals surface area contributed by atoms with Gasteiger partial charge in [0, 0.05) is 11.6 Å². The third-order valence-electron chi connectivity index (χ3n) is 3.85. The Morgan fingerprint density at radius 3 is 2.88 bits per heavy atom. The molecule has 3 nitrogen and oxygen atoms in total. The number of H-pyrrole nitrogens is 1. The highest BCUT2D eigenvalue weighted by Gasteiger charge is 2.27. The molecule has 2 fully saturated rings. The molecule has 88 valence electrons. The van der Waals surface area contributed by atoms with E-state index in [2.05, 4.69) is 17.2 Å². The summed E-state index contributed by atoms with van der Waals surface area (Å²) in [7, 11) is 0. The lowest BCUT2D eigenvalue weighted by Crippen LogP contribution is -2.31. The second-order valence-electron chi connectivity index (χ2n) is 5.38. The third-order valence-corrected chi connectivity index (χ3v) is 3.85. The first kappa shape index (κ1) is 10.3. The maximum atomic E-state index is 4.78. The molecule has 3 rings (SSSR count). The predicted octanol–water partition coefficient (Wildman–Crippen LogP) is 2.14. The van der Waals surface area contributed by atoms with Crippen LogP contribution in [-0.2, 0) is 6.42 Å². The Kier molecular flexibility index (Phi) is 2.72. The maximum Gasteiger partial charge on any atom is 0.109 e. The molecule has 1 aromatic rings. The number of piperidine rings is 1. The van der Waals surface area contributed by atoms with E-state index in [4.69, 9.17) is 4.98 Å². The maximum absolute atomic E-state index is 4.78. The Balaban J connectivity index is 1.68. The van der Waals surface area contributed by atoms with Gasteiger partial charge in [0.05, 0.1) is 5.69 Å². The molecule has 1 aliphatic carbocycles. The van der Waals surface area contributed by atoms with E-state index in [0.29, 0.717) is 0 Å². The van der Waals surface area contributed by atoms with Crippen molar-refractivity contribution >= 4 is 0 Å². The topological polar surface area (TPSA) is 40.7 Å². The lowest BCUT2D eigenvalue weighted by atomic mass is 9.94. The van der Waals surface area contributed by atoms with Gasteiger partial charge in [0.1, 0.15) is 5.82 Å². The number of aromatic amines is 1. The van der Waals surface area contributed by atoms with Crippen molar-refractivity contribution in [2.24, 2.45) is 5.92 Å². The first-order valence-corrected chi connectivity index (χ1v) is 6.59. The first-order chi connectivity index (χ1) is 7.83. The van der Waals surface area contributed by atoms with Gasteiger partial charge in [-0.25, -0.2) is 4.98 Å². The van der Waals surface area contributed by atoms with E-state index < -0.39 is 0 Å². The molecule has 1 atom stereocenters. The standard InChI is InChI=1S/C13H21N3/c1-9-12(7-10-3-2-6-14-8-10)16-13(15-9)11-4-5-11/h10-11,14H,2-8H2,1H3,(H,15,16). The fraction of sp³-hybridized carbons (Fsp3) is 0.769. The van der Waals surface area contributed by atoms with E-state index in [0.717, 1.165) is 18.3 Å². The summed E-state index contributed by atoms with van der Waals surface area (Å²) < 4.78 is 0. The highest BCUT2D eigenvalue weighted by molar-refractivity contribution is 5.18. The molecule has 2 heterocycles. The summed E-state index contributed by atoms with van der Waals surface area (Å²) in [5, 5.41) is 3.48. The molecular weight excluding hydrogens is 198 g/mol. The average Bonchev–Trinajstić information content (AvgIpc) is 3.07. The van der Waals surface area contributed by atoms with Crippen molar-refractivity contribution in [2.75, 3.05) is 13.1 Å². The van der Waals surface area contributed by atoms with Crippen LogP contribution in [0, 0.1) is 12.8 Å². The summed E-state index contributed by atoms with van der Waals surface area (Å²) in [4.78, 5) is 8.25. The van der Waals surface area contributed by atoms with Crippen LogP contribution >= 0.6 is 0 Å². The summed E-state index contributed by atoms with van der Waals surface area (Å²) >= 11 is 0. The van der Waals surface area contributed by atoms with Gasteiger partial charge in [-0.2, -0.15) is 0 Å². The Labute approximate surface area is 97.0 Å². The van der Waals surface area contributed by atoms with Crippen molar-refractivity contribution in [1.82, 2.24) is 15.3 Å². The van der Waals surface area contributed by atoms with Crippen molar-refractivity contribution in [1.29, 1.82) is 0 Å². The molecule has 2 N–H and O–H groups in total. The first-order valence-electron chi connectivity index (χ1n) is 6.59. The zero-order valence-corrected chi connectivity index (χ0v) is 10.1. The lowest BCUT2D eigenvalue weighted by molar-refractivity contribution is 0.373. The number of rotatable bonds is 3. The van der Waals surface area contributed by atoms with Crippen molar-refractivity contribution < 1.29 is 0 Å². The fourth-order valence-electron chi connectivity index (χ4n) is 2.64. The van der Waals surface area contributed by atoms with Gasteiger partial charge in [0.25, 0.3) is 0 Å². The second-order valence-corrected chi connectivity index (χ2v) is 5.38. The van der Waals surface area contributed by atoms with Gasteiger partial charge in [-0.15, -0.1) is 0 Å². The molecule has 3 heteroatoms. The van der Waals surface area contributed by atoms with Crippen LogP contribution < -0.4 is 5.32 Å². The minimum Gasteiger partial charge on any atom is -0.346 e. The van der Waals surface area contributed by atoms with Crippen LogP contribution in [0.5, 0.6) is 0 Å². The number of imidazole rings is 1. The smallest absolute Gasteiger partial charge is 0.109 e. The minimum absolute atomic E-state index is 0.747. The molecule has 1 saturated heterocycles. The van der Waals surface area contributed by atoms with E-state index >= 15 is 0 Å². The number of aromatic nitrogens is 2.